The maximum Gasteiger partial charge on any atom is 0.490 e. The zero-order valence-corrected chi connectivity index (χ0v) is 24.6. The van der Waals surface area contributed by atoms with Crippen molar-refractivity contribution in [1.82, 2.24) is 20.3 Å². The van der Waals surface area contributed by atoms with E-state index < -0.39 is 30.4 Å². The van der Waals surface area contributed by atoms with E-state index in [9.17, 15) is 31.4 Å². The molecule has 0 spiro atoms. The molecule has 0 fully saturated rings. The predicted molar refractivity (Wildman–Crippen MR) is 151 cm³/mol. The van der Waals surface area contributed by atoms with Gasteiger partial charge in [0.05, 0.1) is 7.11 Å². The van der Waals surface area contributed by atoms with Gasteiger partial charge in [0.15, 0.2) is 5.65 Å². The molecule has 2 heterocycles. The van der Waals surface area contributed by atoms with Crippen molar-refractivity contribution < 1.29 is 60.7 Å². The number of pyridine rings is 1. The number of ether oxygens (including phenoxy) is 2. The van der Waals surface area contributed by atoms with Gasteiger partial charge in [-0.3, -0.25) is 0 Å². The van der Waals surface area contributed by atoms with Crippen LogP contribution in [0.15, 0.2) is 65.3 Å². The van der Waals surface area contributed by atoms with Crippen LogP contribution < -0.4 is 14.8 Å². The Balaban J connectivity index is 0.000000421. The van der Waals surface area contributed by atoms with Gasteiger partial charge < -0.3 is 35.1 Å². The summed E-state index contributed by atoms with van der Waals surface area (Å²) < 4.78 is 75.4. The number of carboxylic acid groups (broad SMARTS) is 2. The lowest BCUT2D eigenvalue weighted by Gasteiger charge is -2.14. The number of aromatic nitrogens is 3. The van der Waals surface area contributed by atoms with Gasteiger partial charge >= 0.3 is 24.3 Å². The minimum absolute atomic E-state index is 0.195. The SMILES string of the molecule is COc1ccccc1CNCC(O)COc1ccc(-c2nc3cc(Br)cnc3[nH]2)cc1.O=C(O)C(F)(F)F.O=C(O)C(F)(F)F. The molecule has 0 aliphatic rings. The van der Waals surface area contributed by atoms with Gasteiger partial charge in [-0.25, -0.2) is 19.6 Å². The predicted octanol–water partition coefficient (Wildman–Crippen LogP) is 5.19. The number of fused-ring (bicyclic) bond motifs is 1. The largest absolute Gasteiger partial charge is 0.496 e. The van der Waals surface area contributed by atoms with Crippen LogP contribution in [0, 0.1) is 0 Å². The molecule has 4 aromatic rings. The normalized spacial score (nSPS) is 11.8. The monoisotopic (exact) mass is 710 g/mol. The van der Waals surface area contributed by atoms with Crippen LogP contribution in [0.3, 0.4) is 0 Å². The number of carboxylic acids is 2. The number of rotatable bonds is 9. The van der Waals surface area contributed by atoms with Crippen LogP contribution in [-0.4, -0.2) is 80.9 Å². The van der Waals surface area contributed by atoms with Crippen LogP contribution in [0.5, 0.6) is 11.5 Å². The Morgan fingerprint density at radius 3 is 2.13 bits per heavy atom. The molecule has 18 heteroatoms. The highest BCUT2D eigenvalue weighted by atomic mass is 79.9. The second-order valence-electron chi connectivity index (χ2n) is 8.64. The molecule has 0 aliphatic carbocycles. The Morgan fingerprint density at radius 1 is 1.00 bits per heavy atom. The highest BCUT2D eigenvalue weighted by Gasteiger charge is 2.38. The summed E-state index contributed by atoms with van der Waals surface area (Å²) in [6, 6.07) is 17.3. The first kappa shape index (κ1) is 36.8. The van der Waals surface area contributed by atoms with Gasteiger partial charge in [-0.15, -0.1) is 0 Å². The van der Waals surface area contributed by atoms with Crippen LogP contribution in [0.4, 0.5) is 26.3 Å². The second-order valence-corrected chi connectivity index (χ2v) is 9.56. The number of hydrogen-bond acceptors (Lipinski definition) is 8. The van der Waals surface area contributed by atoms with Crippen molar-refractivity contribution in [2.75, 3.05) is 20.3 Å². The molecule has 2 aromatic heterocycles. The van der Waals surface area contributed by atoms with Crippen molar-refractivity contribution in [2.45, 2.75) is 25.0 Å². The number of aromatic amines is 1. The molecule has 0 saturated heterocycles. The van der Waals surface area contributed by atoms with Crippen molar-refractivity contribution in [3.8, 4) is 22.9 Å². The number of para-hydroxylation sites is 1. The molecule has 244 valence electrons. The molecule has 1 unspecified atom stereocenters. The Kier molecular flexibility index (Phi) is 13.6. The summed E-state index contributed by atoms with van der Waals surface area (Å²) in [5.41, 5.74) is 3.51. The molecule has 45 heavy (non-hydrogen) atoms. The van der Waals surface area contributed by atoms with Crippen molar-refractivity contribution >= 4 is 39.0 Å². The minimum atomic E-state index is -5.08. The highest BCUT2D eigenvalue weighted by molar-refractivity contribution is 9.10. The van der Waals surface area contributed by atoms with E-state index in [0.29, 0.717) is 18.8 Å². The molecule has 0 bridgehead atoms. The standard InChI is InChI=1S/C23H23BrN4O3.2C2HF3O2/c1-30-21-5-3-2-4-16(21)11-25-13-18(29)14-31-19-8-6-15(7-9-19)22-27-20-10-17(24)12-26-23(20)28-22;2*3-2(4,5)1(6)7/h2-10,12,18,25,29H,11,13-14H2,1H3,(H,26,27,28);2*(H,6,7). The third kappa shape index (κ3) is 12.6. The summed E-state index contributed by atoms with van der Waals surface area (Å²) in [7, 11) is 1.65. The van der Waals surface area contributed by atoms with Crippen LogP contribution in [0.1, 0.15) is 5.56 Å². The number of halogens is 7. The van der Waals surface area contributed by atoms with Gasteiger partial charge in [0.1, 0.15) is 35.6 Å². The summed E-state index contributed by atoms with van der Waals surface area (Å²) in [5, 5.41) is 27.7. The number of carbonyl (C=O) groups is 2. The van der Waals surface area contributed by atoms with Crippen molar-refractivity contribution in [3.63, 3.8) is 0 Å². The summed E-state index contributed by atoms with van der Waals surface area (Å²) in [5.74, 6) is -3.26. The number of hydrogen-bond donors (Lipinski definition) is 5. The van der Waals surface area contributed by atoms with Crippen molar-refractivity contribution in [1.29, 1.82) is 0 Å². The van der Waals surface area contributed by atoms with Gasteiger partial charge in [-0.2, -0.15) is 26.3 Å². The number of aliphatic carboxylic acids is 2. The van der Waals surface area contributed by atoms with Gasteiger partial charge in [-0.1, -0.05) is 18.2 Å². The molecule has 0 saturated carbocycles. The number of aliphatic hydroxyl groups excluding tert-OH is 1. The molecule has 4 rings (SSSR count). The van der Waals surface area contributed by atoms with E-state index in [0.717, 1.165) is 38.3 Å². The molecule has 0 amide bonds. The van der Waals surface area contributed by atoms with E-state index in [-0.39, 0.29) is 6.61 Å². The quantitative estimate of drug-likeness (QED) is 0.146. The number of nitrogens with zero attached hydrogens (tertiary/aromatic N) is 2. The fourth-order valence-corrected chi connectivity index (χ4v) is 3.51. The number of nitrogens with one attached hydrogen (secondary N) is 2. The average molecular weight is 711 g/mol. The van der Waals surface area contributed by atoms with Crippen LogP contribution in [0.2, 0.25) is 0 Å². The number of aliphatic hydroxyl groups is 1. The Labute approximate surface area is 259 Å². The third-order valence-corrected chi connectivity index (χ3v) is 5.68. The molecule has 1 atom stereocenters. The maximum absolute atomic E-state index is 10.6. The van der Waals surface area contributed by atoms with Gasteiger partial charge in [0.2, 0.25) is 0 Å². The topological polar surface area (TPSA) is 167 Å². The lowest BCUT2D eigenvalue weighted by atomic mass is 10.2. The fraction of sp³-hybridized carbons (Fsp3) is 0.259. The first-order valence-corrected chi connectivity index (χ1v) is 13.2. The number of imidazole rings is 1. The van der Waals surface area contributed by atoms with E-state index in [1.54, 1.807) is 13.3 Å². The van der Waals surface area contributed by atoms with Gasteiger partial charge in [0.25, 0.3) is 0 Å². The maximum atomic E-state index is 10.6. The third-order valence-electron chi connectivity index (χ3n) is 5.25. The molecular weight excluding hydrogens is 686 g/mol. The van der Waals surface area contributed by atoms with Crippen LogP contribution in [0.25, 0.3) is 22.6 Å². The number of H-pyrrole nitrogens is 1. The summed E-state index contributed by atoms with van der Waals surface area (Å²) in [4.78, 5) is 29.9. The van der Waals surface area contributed by atoms with Crippen LogP contribution in [-0.2, 0) is 16.1 Å². The summed E-state index contributed by atoms with van der Waals surface area (Å²) >= 11 is 3.41. The number of alkyl halides is 6. The smallest absolute Gasteiger partial charge is 0.490 e. The van der Waals surface area contributed by atoms with E-state index >= 15 is 0 Å². The lowest BCUT2D eigenvalue weighted by Crippen LogP contribution is -2.31. The number of methoxy groups -OCH3 is 1. The minimum Gasteiger partial charge on any atom is -0.496 e. The van der Waals surface area contributed by atoms with Gasteiger partial charge in [-0.05, 0) is 52.3 Å². The van der Waals surface area contributed by atoms with Crippen molar-refractivity contribution in [2.24, 2.45) is 0 Å². The zero-order valence-electron chi connectivity index (χ0n) is 23.0. The lowest BCUT2D eigenvalue weighted by molar-refractivity contribution is -0.193. The molecule has 0 radical (unpaired) electrons. The van der Waals surface area contributed by atoms with E-state index in [1.165, 1.54) is 0 Å². The van der Waals surface area contributed by atoms with Gasteiger partial charge in [0, 0.05) is 34.9 Å². The molecule has 11 nitrogen and oxygen atoms in total. The highest BCUT2D eigenvalue weighted by Crippen LogP contribution is 2.24. The average Bonchev–Trinajstić information content (AvgIpc) is 3.39. The zero-order chi connectivity index (χ0) is 33.8. The molecule has 2 aromatic carbocycles. The van der Waals surface area contributed by atoms with E-state index in [2.05, 4.69) is 36.2 Å². The Bertz CT molecular complexity index is 1530. The Hall–Kier alpha value is -4.42. The van der Waals surface area contributed by atoms with Crippen molar-refractivity contribution in [3.05, 3.63) is 70.8 Å². The molecule has 5 N–H and O–H groups in total. The molecule has 0 aliphatic heterocycles. The summed E-state index contributed by atoms with van der Waals surface area (Å²) in [6.07, 6.45) is -9.06. The first-order chi connectivity index (χ1) is 21.0. The summed E-state index contributed by atoms with van der Waals surface area (Å²) in [6.45, 7) is 1.22. The van der Waals surface area contributed by atoms with E-state index in [1.807, 2.05) is 54.6 Å². The second kappa shape index (κ2) is 16.6. The van der Waals surface area contributed by atoms with E-state index in [4.69, 9.17) is 29.3 Å². The fourth-order valence-electron chi connectivity index (χ4n) is 3.19. The van der Waals surface area contributed by atoms with Crippen LogP contribution >= 0.6 is 15.9 Å². The number of benzene rings is 2. The molecular formula is C27H25BrF6N4O7. The Morgan fingerprint density at radius 2 is 1.58 bits per heavy atom. The first-order valence-electron chi connectivity index (χ1n) is 12.4.